The Bertz CT molecular complexity index is 583. The smallest absolute Gasteiger partial charge is 0.366 e. The van der Waals surface area contributed by atoms with E-state index in [0.29, 0.717) is 24.9 Å². The zero-order valence-corrected chi connectivity index (χ0v) is 14.4. The first-order valence-electron chi connectivity index (χ1n) is 7.02. The van der Waals surface area contributed by atoms with E-state index in [4.69, 9.17) is 4.74 Å². The largest absolute Gasteiger partial charge is 0.416 e. The molecule has 1 aliphatic heterocycles. The summed E-state index contributed by atoms with van der Waals surface area (Å²) in [5, 5.41) is 5.27. The van der Waals surface area contributed by atoms with E-state index in [1.54, 1.807) is 0 Å². The van der Waals surface area contributed by atoms with Crippen LogP contribution in [-0.4, -0.2) is 43.9 Å². The summed E-state index contributed by atoms with van der Waals surface area (Å²) in [6.45, 7) is 1.10. The Morgan fingerprint density at radius 2 is 2.12 bits per heavy atom. The first-order chi connectivity index (χ1) is 11.3. The minimum Gasteiger partial charge on any atom is -0.366 e. The molecule has 142 valence electrons. The van der Waals surface area contributed by atoms with Gasteiger partial charge in [0, 0.05) is 18.0 Å². The van der Waals surface area contributed by atoms with Crippen LogP contribution < -0.4 is 10.6 Å². The molecule has 11 heteroatoms. The van der Waals surface area contributed by atoms with Gasteiger partial charge in [0.25, 0.3) is 5.91 Å². The van der Waals surface area contributed by atoms with Crippen molar-refractivity contribution in [2.45, 2.75) is 23.6 Å². The van der Waals surface area contributed by atoms with Crippen LogP contribution in [0.5, 0.6) is 0 Å². The first-order valence-corrected chi connectivity index (χ1v) is 8.01. The SMILES string of the molecule is Cl.O=C(Nc1cc(C(F)(F)F)ccc1SCC(F)F)C1CNCCO1. The highest BCUT2D eigenvalue weighted by Crippen LogP contribution is 2.36. The van der Waals surface area contributed by atoms with E-state index in [1.807, 2.05) is 0 Å². The van der Waals surface area contributed by atoms with Gasteiger partial charge in [-0.25, -0.2) is 8.78 Å². The monoisotopic (exact) mass is 406 g/mol. The number of benzene rings is 1. The molecule has 4 nitrogen and oxygen atoms in total. The number of morpholine rings is 1. The number of halogens is 6. The molecular formula is C14H16ClF5N2O2S. The predicted molar refractivity (Wildman–Crippen MR) is 86.7 cm³/mol. The summed E-state index contributed by atoms with van der Waals surface area (Å²) in [6.07, 6.45) is -8.07. The van der Waals surface area contributed by atoms with Gasteiger partial charge in [-0.1, -0.05) is 0 Å². The lowest BCUT2D eigenvalue weighted by Gasteiger charge is -2.23. The fraction of sp³-hybridized carbons (Fsp3) is 0.500. The maximum absolute atomic E-state index is 12.8. The lowest BCUT2D eigenvalue weighted by Crippen LogP contribution is -2.45. The van der Waals surface area contributed by atoms with E-state index >= 15 is 0 Å². The quantitative estimate of drug-likeness (QED) is 0.581. The van der Waals surface area contributed by atoms with Crippen LogP contribution in [0, 0.1) is 0 Å². The highest BCUT2D eigenvalue weighted by molar-refractivity contribution is 7.99. The Kier molecular flexibility index (Phi) is 8.39. The van der Waals surface area contributed by atoms with Crippen LogP contribution in [-0.2, 0) is 15.7 Å². The van der Waals surface area contributed by atoms with Gasteiger partial charge in [-0.2, -0.15) is 13.2 Å². The number of nitrogens with one attached hydrogen (secondary N) is 2. The maximum atomic E-state index is 12.8. The van der Waals surface area contributed by atoms with Crippen molar-refractivity contribution >= 4 is 35.8 Å². The fourth-order valence-electron chi connectivity index (χ4n) is 2.03. The Balaban J connectivity index is 0.00000312. The molecule has 2 N–H and O–H groups in total. The number of ether oxygens (including phenoxy) is 1. The number of carbonyl (C=O) groups excluding carboxylic acids is 1. The molecule has 1 aliphatic rings. The molecule has 1 fully saturated rings. The molecule has 1 unspecified atom stereocenters. The minimum absolute atomic E-state index is 0. The van der Waals surface area contributed by atoms with E-state index in [1.165, 1.54) is 0 Å². The number of anilines is 1. The number of rotatable bonds is 5. The first kappa shape index (κ1) is 21.9. The van der Waals surface area contributed by atoms with Gasteiger partial charge in [-0.15, -0.1) is 24.2 Å². The molecule has 1 aromatic rings. The second-order valence-corrected chi connectivity index (χ2v) is 6.03. The lowest BCUT2D eigenvalue weighted by atomic mass is 10.2. The highest BCUT2D eigenvalue weighted by atomic mass is 35.5. The van der Waals surface area contributed by atoms with Crippen molar-refractivity contribution in [2.24, 2.45) is 0 Å². The molecule has 1 heterocycles. The molecule has 1 aromatic carbocycles. The topological polar surface area (TPSA) is 50.4 Å². The van der Waals surface area contributed by atoms with Crippen LogP contribution in [0.2, 0.25) is 0 Å². The van der Waals surface area contributed by atoms with Gasteiger partial charge in [0.2, 0.25) is 6.43 Å². The number of alkyl halides is 5. The zero-order valence-electron chi connectivity index (χ0n) is 12.7. The van der Waals surface area contributed by atoms with Crippen molar-refractivity contribution in [3.05, 3.63) is 23.8 Å². The van der Waals surface area contributed by atoms with Gasteiger partial charge >= 0.3 is 6.18 Å². The number of carbonyl (C=O) groups is 1. The van der Waals surface area contributed by atoms with Crippen LogP contribution >= 0.6 is 24.2 Å². The minimum atomic E-state index is -4.60. The van der Waals surface area contributed by atoms with Crippen molar-refractivity contribution in [3.8, 4) is 0 Å². The highest BCUT2D eigenvalue weighted by Gasteiger charge is 2.32. The lowest BCUT2D eigenvalue weighted by molar-refractivity contribution is -0.137. The van der Waals surface area contributed by atoms with Gasteiger partial charge < -0.3 is 15.4 Å². The maximum Gasteiger partial charge on any atom is 0.416 e. The van der Waals surface area contributed by atoms with Crippen LogP contribution in [0.1, 0.15) is 5.56 Å². The van der Waals surface area contributed by atoms with Crippen LogP contribution in [0.15, 0.2) is 23.1 Å². The summed E-state index contributed by atoms with van der Waals surface area (Å²) < 4.78 is 68.4. The predicted octanol–water partition coefficient (Wildman–Crippen LogP) is 3.41. The molecule has 0 bridgehead atoms. The molecule has 1 saturated heterocycles. The Labute approximate surface area is 151 Å². The van der Waals surface area contributed by atoms with Crippen molar-refractivity contribution in [2.75, 3.05) is 30.8 Å². The Hall–Kier alpha value is -1.10. The molecule has 1 amide bonds. The van der Waals surface area contributed by atoms with Gasteiger partial charge in [0.1, 0.15) is 6.10 Å². The third kappa shape index (κ3) is 6.61. The summed E-state index contributed by atoms with van der Waals surface area (Å²) in [6, 6.07) is 2.61. The summed E-state index contributed by atoms with van der Waals surface area (Å²) in [5.74, 6) is -1.21. The number of hydrogen-bond donors (Lipinski definition) is 2. The van der Waals surface area contributed by atoms with Gasteiger partial charge in [-0.3, -0.25) is 4.79 Å². The number of thioether (sulfide) groups is 1. The zero-order chi connectivity index (χ0) is 17.7. The fourth-order valence-corrected chi connectivity index (χ4v) is 2.76. The molecule has 0 aromatic heterocycles. The van der Waals surface area contributed by atoms with Crippen molar-refractivity contribution in [3.63, 3.8) is 0 Å². The average molecular weight is 407 g/mol. The van der Waals surface area contributed by atoms with E-state index in [0.717, 1.165) is 18.2 Å². The van der Waals surface area contributed by atoms with Gasteiger partial charge in [0.15, 0.2) is 0 Å². The van der Waals surface area contributed by atoms with E-state index in [2.05, 4.69) is 10.6 Å². The molecule has 0 aliphatic carbocycles. The molecule has 0 saturated carbocycles. The van der Waals surface area contributed by atoms with Crippen molar-refractivity contribution < 1.29 is 31.5 Å². The average Bonchev–Trinajstić information content (AvgIpc) is 2.53. The molecule has 1 atom stereocenters. The normalized spacial score (nSPS) is 17.9. The van der Waals surface area contributed by atoms with Crippen LogP contribution in [0.4, 0.5) is 27.6 Å². The van der Waals surface area contributed by atoms with E-state index < -0.39 is 35.9 Å². The Morgan fingerprint density at radius 3 is 2.68 bits per heavy atom. The molecule has 0 radical (unpaired) electrons. The molecule has 25 heavy (non-hydrogen) atoms. The van der Waals surface area contributed by atoms with Crippen LogP contribution in [0.25, 0.3) is 0 Å². The second-order valence-electron chi connectivity index (χ2n) is 4.96. The summed E-state index contributed by atoms with van der Waals surface area (Å²) in [4.78, 5) is 12.2. The van der Waals surface area contributed by atoms with Gasteiger partial charge in [-0.05, 0) is 18.2 Å². The standard InChI is InChI=1S/C14H15F5N2O2S.ClH/c15-12(16)7-24-11-2-1-8(14(17,18)19)5-9(11)21-13(22)10-6-20-3-4-23-10;/h1-2,5,10,12,20H,3-4,6-7H2,(H,21,22);1H. The second kappa shape index (κ2) is 9.56. The van der Waals surface area contributed by atoms with Crippen molar-refractivity contribution in [1.29, 1.82) is 0 Å². The van der Waals surface area contributed by atoms with E-state index in [9.17, 15) is 26.7 Å². The number of hydrogen-bond acceptors (Lipinski definition) is 4. The summed E-state index contributed by atoms with van der Waals surface area (Å²) in [7, 11) is 0. The Morgan fingerprint density at radius 1 is 1.40 bits per heavy atom. The third-order valence-electron chi connectivity index (χ3n) is 3.15. The summed E-state index contributed by atoms with van der Waals surface area (Å²) >= 11 is 0.675. The third-order valence-corrected chi connectivity index (χ3v) is 4.24. The van der Waals surface area contributed by atoms with Crippen LogP contribution in [0.3, 0.4) is 0 Å². The van der Waals surface area contributed by atoms with Gasteiger partial charge in [0.05, 0.1) is 23.6 Å². The summed E-state index contributed by atoms with van der Waals surface area (Å²) in [5.41, 5.74) is -1.13. The van der Waals surface area contributed by atoms with E-state index in [-0.39, 0.29) is 29.5 Å². The molecule has 2 rings (SSSR count). The molecular weight excluding hydrogens is 391 g/mol. The molecule has 0 spiro atoms. The van der Waals surface area contributed by atoms with Crippen molar-refractivity contribution in [1.82, 2.24) is 5.32 Å². The number of amides is 1.